The number of urea groups is 1. The van der Waals surface area contributed by atoms with E-state index in [0.717, 1.165) is 12.0 Å². The maximum absolute atomic E-state index is 12.4. The molecule has 3 rings (SSSR count). The Bertz CT molecular complexity index is 689. The molecule has 7 nitrogen and oxygen atoms in total. The summed E-state index contributed by atoms with van der Waals surface area (Å²) < 4.78 is 10.9. The zero-order chi connectivity index (χ0) is 17.6. The lowest BCUT2D eigenvalue weighted by atomic mass is 10.2. The minimum absolute atomic E-state index is 0.0606. The van der Waals surface area contributed by atoms with E-state index in [1.54, 1.807) is 4.90 Å². The normalized spacial score (nSPS) is 19.3. The topological polar surface area (TPSA) is 80.5 Å². The van der Waals surface area contributed by atoms with Gasteiger partial charge in [-0.25, -0.2) is 4.79 Å². The van der Waals surface area contributed by atoms with E-state index in [4.69, 9.17) is 9.26 Å². The van der Waals surface area contributed by atoms with Gasteiger partial charge < -0.3 is 19.5 Å². The van der Waals surface area contributed by atoms with Gasteiger partial charge in [0.1, 0.15) is 0 Å². The minimum atomic E-state index is -0.0769. The standard InChI is InChI=1S/C18H24N4O3/c1-13(11-19-18(23)22-9-6-10-24-14(2)12-22)17-20-16(21-25-17)15-7-4-3-5-8-15/h3-5,7-8,13-14H,6,9-12H2,1-2H3,(H,19,23)/t13-,14-/m0/s1. The summed E-state index contributed by atoms with van der Waals surface area (Å²) in [4.78, 5) is 18.6. The molecule has 25 heavy (non-hydrogen) atoms. The van der Waals surface area contributed by atoms with Crippen molar-refractivity contribution in [2.24, 2.45) is 0 Å². The van der Waals surface area contributed by atoms with Crippen LogP contribution >= 0.6 is 0 Å². The van der Waals surface area contributed by atoms with Crippen molar-refractivity contribution < 1.29 is 14.1 Å². The fraction of sp³-hybridized carbons (Fsp3) is 0.500. The number of nitrogens with one attached hydrogen (secondary N) is 1. The van der Waals surface area contributed by atoms with Gasteiger partial charge in [-0.2, -0.15) is 4.98 Å². The molecule has 1 aliphatic heterocycles. The van der Waals surface area contributed by atoms with E-state index in [9.17, 15) is 4.79 Å². The van der Waals surface area contributed by atoms with Crippen molar-refractivity contribution in [2.45, 2.75) is 32.3 Å². The highest BCUT2D eigenvalue weighted by molar-refractivity contribution is 5.74. The SMILES string of the molecule is C[C@H]1CN(C(=O)NC[C@H](C)c2nc(-c3ccccc3)no2)CCCO1. The quantitative estimate of drug-likeness (QED) is 0.922. The maximum Gasteiger partial charge on any atom is 0.317 e. The van der Waals surface area contributed by atoms with Gasteiger partial charge in [0.15, 0.2) is 0 Å². The highest BCUT2D eigenvalue weighted by Gasteiger charge is 2.21. The molecular weight excluding hydrogens is 320 g/mol. The van der Waals surface area contributed by atoms with E-state index in [1.807, 2.05) is 44.2 Å². The Hall–Kier alpha value is -2.41. The molecule has 2 atom stereocenters. The van der Waals surface area contributed by atoms with Crippen molar-refractivity contribution in [1.82, 2.24) is 20.4 Å². The minimum Gasteiger partial charge on any atom is -0.377 e. The van der Waals surface area contributed by atoms with Gasteiger partial charge in [-0.3, -0.25) is 0 Å². The molecule has 2 aromatic rings. The average molecular weight is 344 g/mol. The number of ether oxygens (including phenoxy) is 1. The molecule has 1 aromatic heterocycles. The van der Waals surface area contributed by atoms with Gasteiger partial charge in [-0.1, -0.05) is 42.4 Å². The van der Waals surface area contributed by atoms with Crippen LogP contribution in [-0.2, 0) is 4.74 Å². The molecule has 134 valence electrons. The molecule has 1 aromatic carbocycles. The highest BCUT2D eigenvalue weighted by atomic mass is 16.5. The predicted octanol–water partition coefficient (Wildman–Crippen LogP) is 2.66. The number of hydrogen-bond acceptors (Lipinski definition) is 5. The van der Waals surface area contributed by atoms with Crippen LogP contribution in [0.3, 0.4) is 0 Å². The summed E-state index contributed by atoms with van der Waals surface area (Å²) >= 11 is 0. The largest absolute Gasteiger partial charge is 0.377 e. The van der Waals surface area contributed by atoms with Crippen molar-refractivity contribution in [3.63, 3.8) is 0 Å². The smallest absolute Gasteiger partial charge is 0.317 e. The van der Waals surface area contributed by atoms with Crippen LogP contribution in [0, 0.1) is 0 Å². The molecule has 2 amide bonds. The lowest BCUT2D eigenvalue weighted by Crippen LogP contribution is -2.43. The van der Waals surface area contributed by atoms with Crippen molar-refractivity contribution in [3.05, 3.63) is 36.2 Å². The molecule has 1 N–H and O–H groups in total. The molecule has 0 bridgehead atoms. The Balaban J connectivity index is 1.55. The van der Waals surface area contributed by atoms with E-state index < -0.39 is 0 Å². The Kier molecular flexibility index (Phi) is 5.65. The molecule has 0 unspecified atom stereocenters. The van der Waals surface area contributed by atoms with Crippen molar-refractivity contribution in [3.8, 4) is 11.4 Å². The predicted molar refractivity (Wildman–Crippen MR) is 93.2 cm³/mol. The molecule has 0 saturated carbocycles. The first-order valence-electron chi connectivity index (χ1n) is 8.67. The van der Waals surface area contributed by atoms with Crippen LogP contribution in [0.15, 0.2) is 34.9 Å². The molecule has 0 spiro atoms. The number of rotatable bonds is 4. The summed E-state index contributed by atoms with van der Waals surface area (Å²) in [5.41, 5.74) is 0.910. The third-order valence-corrected chi connectivity index (χ3v) is 4.19. The van der Waals surface area contributed by atoms with E-state index in [-0.39, 0.29) is 18.1 Å². The van der Waals surface area contributed by atoms with Gasteiger partial charge in [0.2, 0.25) is 11.7 Å². The zero-order valence-electron chi connectivity index (χ0n) is 14.6. The van der Waals surface area contributed by atoms with Crippen LogP contribution in [0.4, 0.5) is 4.79 Å². The number of nitrogens with zero attached hydrogens (tertiary/aromatic N) is 3. The molecule has 0 radical (unpaired) electrons. The summed E-state index contributed by atoms with van der Waals surface area (Å²) in [7, 11) is 0. The van der Waals surface area contributed by atoms with Crippen molar-refractivity contribution >= 4 is 6.03 Å². The van der Waals surface area contributed by atoms with Crippen LogP contribution in [0.25, 0.3) is 11.4 Å². The van der Waals surface area contributed by atoms with E-state index in [2.05, 4.69) is 15.5 Å². The lowest BCUT2D eigenvalue weighted by Gasteiger charge is -2.23. The summed E-state index contributed by atoms with van der Waals surface area (Å²) in [6, 6.07) is 9.60. The first kappa shape index (κ1) is 17.4. The highest BCUT2D eigenvalue weighted by Crippen LogP contribution is 2.19. The molecule has 1 fully saturated rings. The number of carbonyl (C=O) groups is 1. The Morgan fingerprint density at radius 3 is 3.00 bits per heavy atom. The monoisotopic (exact) mass is 344 g/mol. The van der Waals surface area contributed by atoms with Gasteiger partial charge in [0.25, 0.3) is 0 Å². The van der Waals surface area contributed by atoms with Gasteiger partial charge in [0.05, 0.1) is 12.0 Å². The second-order valence-electron chi connectivity index (χ2n) is 6.39. The molecule has 1 aliphatic rings. The number of aromatic nitrogens is 2. The summed E-state index contributed by atoms with van der Waals surface area (Å²) in [6.45, 7) is 6.41. The number of benzene rings is 1. The first-order chi connectivity index (χ1) is 12.1. The molecule has 1 saturated heterocycles. The van der Waals surface area contributed by atoms with Crippen molar-refractivity contribution in [2.75, 3.05) is 26.2 Å². The summed E-state index contributed by atoms with van der Waals surface area (Å²) in [5, 5.41) is 6.97. The number of amides is 2. The van der Waals surface area contributed by atoms with E-state index >= 15 is 0 Å². The fourth-order valence-corrected chi connectivity index (χ4v) is 2.76. The Morgan fingerprint density at radius 1 is 1.40 bits per heavy atom. The Morgan fingerprint density at radius 2 is 2.20 bits per heavy atom. The fourth-order valence-electron chi connectivity index (χ4n) is 2.76. The molecule has 2 heterocycles. The molecule has 7 heteroatoms. The van der Waals surface area contributed by atoms with Gasteiger partial charge in [-0.05, 0) is 13.3 Å². The second-order valence-corrected chi connectivity index (χ2v) is 6.39. The van der Waals surface area contributed by atoms with Crippen LogP contribution in [0.1, 0.15) is 32.1 Å². The third kappa shape index (κ3) is 4.57. The Labute approximate surface area is 147 Å². The summed E-state index contributed by atoms with van der Waals surface area (Å²) in [6.07, 6.45) is 0.923. The lowest BCUT2D eigenvalue weighted by molar-refractivity contribution is 0.0710. The van der Waals surface area contributed by atoms with Gasteiger partial charge in [0, 0.05) is 31.8 Å². The zero-order valence-corrected chi connectivity index (χ0v) is 14.6. The summed E-state index contributed by atoms with van der Waals surface area (Å²) in [5.74, 6) is 1.02. The van der Waals surface area contributed by atoms with Crippen molar-refractivity contribution in [1.29, 1.82) is 0 Å². The third-order valence-electron chi connectivity index (χ3n) is 4.19. The molecule has 0 aliphatic carbocycles. The number of carbonyl (C=O) groups excluding carboxylic acids is 1. The van der Waals surface area contributed by atoms with Gasteiger partial charge in [-0.15, -0.1) is 0 Å². The average Bonchev–Trinajstić information content (AvgIpc) is 3.03. The second kappa shape index (κ2) is 8.11. The van der Waals surface area contributed by atoms with Gasteiger partial charge >= 0.3 is 6.03 Å². The van der Waals surface area contributed by atoms with Crippen LogP contribution in [-0.4, -0.2) is 53.4 Å². The van der Waals surface area contributed by atoms with E-state index in [0.29, 0.717) is 38.0 Å². The van der Waals surface area contributed by atoms with Crippen LogP contribution in [0.5, 0.6) is 0 Å². The molecular formula is C18H24N4O3. The van der Waals surface area contributed by atoms with E-state index in [1.165, 1.54) is 0 Å². The first-order valence-corrected chi connectivity index (χ1v) is 8.67. The van der Waals surface area contributed by atoms with Crippen LogP contribution in [0.2, 0.25) is 0 Å². The maximum atomic E-state index is 12.4. The van der Waals surface area contributed by atoms with Crippen LogP contribution < -0.4 is 5.32 Å². The number of hydrogen-bond donors (Lipinski definition) is 1.